The molecule has 0 saturated heterocycles. The molecule has 10 heteroatoms. The summed E-state index contributed by atoms with van der Waals surface area (Å²) < 4.78 is 8.96. The second-order valence-electron chi connectivity index (χ2n) is 7.91. The number of benzene rings is 2. The molecule has 2 N–H and O–H groups in total. The summed E-state index contributed by atoms with van der Waals surface area (Å²) in [5.74, 6) is -0.878. The fraction of sp³-hybridized carbons (Fsp3) is 0.115. The third-order valence-corrected chi connectivity index (χ3v) is 5.59. The minimum Gasteiger partial charge on any atom is -0.486 e. The van der Waals surface area contributed by atoms with Gasteiger partial charge in [0.25, 0.3) is 17.4 Å². The van der Waals surface area contributed by atoms with Gasteiger partial charge in [-0.25, -0.2) is 9.67 Å². The average Bonchev–Trinajstić information content (AvgIpc) is 3.34. The Kier molecular flexibility index (Phi) is 6.14. The maximum Gasteiger partial charge on any atom is 0.290 e. The molecular weight excluding hydrogens is 460 g/mol. The lowest BCUT2D eigenvalue weighted by Crippen LogP contribution is -2.43. The van der Waals surface area contributed by atoms with Gasteiger partial charge < -0.3 is 9.14 Å². The molecule has 3 aromatic heterocycles. The zero-order chi connectivity index (χ0) is 25.1. The molecule has 2 amide bonds. The topological polar surface area (TPSA) is 120 Å². The van der Waals surface area contributed by atoms with E-state index < -0.39 is 11.8 Å². The first-order chi connectivity index (χ1) is 17.5. The monoisotopic (exact) mass is 482 g/mol. The number of carbonyl (C=O) groups excluding carboxylic acids is 2. The lowest BCUT2D eigenvalue weighted by atomic mass is 10.1. The molecule has 0 fully saturated rings. The molecule has 0 saturated carbocycles. The Balaban J connectivity index is 1.31. The van der Waals surface area contributed by atoms with Crippen molar-refractivity contribution in [2.75, 3.05) is 0 Å². The number of aryl methyl sites for hydroxylation is 1. The molecular formula is C26H22N6O4. The first kappa shape index (κ1) is 22.8. The van der Waals surface area contributed by atoms with Gasteiger partial charge >= 0.3 is 0 Å². The van der Waals surface area contributed by atoms with Crippen molar-refractivity contribution in [2.24, 2.45) is 0 Å². The minimum absolute atomic E-state index is 0.0312. The van der Waals surface area contributed by atoms with E-state index in [1.54, 1.807) is 55.5 Å². The molecule has 180 valence electrons. The number of nitrogens with zero attached hydrogens (tertiary/aromatic N) is 4. The Bertz CT molecular complexity index is 1620. The highest BCUT2D eigenvalue weighted by atomic mass is 16.5. The second-order valence-corrected chi connectivity index (χ2v) is 7.91. The van der Waals surface area contributed by atoms with Crippen molar-refractivity contribution < 1.29 is 14.3 Å². The maximum atomic E-state index is 12.9. The molecule has 10 nitrogen and oxygen atoms in total. The van der Waals surface area contributed by atoms with Crippen LogP contribution < -0.4 is 21.1 Å². The molecule has 0 aliphatic rings. The van der Waals surface area contributed by atoms with E-state index in [0.29, 0.717) is 28.8 Å². The van der Waals surface area contributed by atoms with Crippen molar-refractivity contribution in [2.45, 2.75) is 20.1 Å². The Morgan fingerprint density at radius 1 is 0.917 bits per heavy atom. The van der Waals surface area contributed by atoms with Crippen LogP contribution in [0.25, 0.3) is 16.4 Å². The van der Waals surface area contributed by atoms with Gasteiger partial charge in [0.1, 0.15) is 18.0 Å². The van der Waals surface area contributed by atoms with Crippen molar-refractivity contribution in [3.63, 3.8) is 0 Å². The van der Waals surface area contributed by atoms with Crippen LogP contribution in [0, 0.1) is 0 Å². The van der Waals surface area contributed by atoms with Gasteiger partial charge in [-0.2, -0.15) is 5.10 Å². The van der Waals surface area contributed by atoms with Crippen LogP contribution in [-0.2, 0) is 13.2 Å². The van der Waals surface area contributed by atoms with E-state index in [0.717, 1.165) is 5.65 Å². The lowest BCUT2D eigenvalue weighted by molar-refractivity contribution is 0.0841. The van der Waals surface area contributed by atoms with Crippen LogP contribution in [0.4, 0.5) is 0 Å². The van der Waals surface area contributed by atoms with Gasteiger partial charge in [0.15, 0.2) is 5.69 Å². The van der Waals surface area contributed by atoms with Crippen molar-refractivity contribution in [3.8, 4) is 5.75 Å². The maximum absolute atomic E-state index is 12.9. The zero-order valence-electron chi connectivity index (χ0n) is 19.3. The molecule has 0 atom stereocenters. The Labute approximate surface area is 205 Å². The van der Waals surface area contributed by atoms with Gasteiger partial charge in [0, 0.05) is 24.3 Å². The quantitative estimate of drug-likeness (QED) is 0.359. The molecule has 0 aliphatic carbocycles. The van der Waals surface area contributed by atoms with Crippen LogP contribution >= 0.6 is 0 Å². The molecule has 5 aromatic rings. The Morgan fingerprint density at radius 3 is 2.44 bits per heavy atom. The largest absolute Gasteiger partial charge is 0.486 e. The predicted molar refractivity (Wildman–Crippen MR) is 133 cm³/mol. The van der Waals surface area contributed by atoms with Gasteiger partial charge in [-0.15, -0.1) is 0 Å². The van der Waals surface area contributed by atoms with Gasteiger partial charge in [-0.05, 0) is 37.3 Å². The normalized spacial score (nSPS) is 10.9. The lowest BCUT2D eigenvalue weighted by Gasteiger charge is -2.13. The molecule has 0 radical (unpaired) electrons. The van der Waals surface area contributed by atoms with E-state index >= 15 is 0 Å². The number of fused-ring (bicyclic) bond motifs is 2. The summed E-state index contributed by atoms with van der Waals surface area (Å²) in [6.45, 7) is 2.22. The van der Waals surface area contributed by atoms with Crippen LogP contribution in [0.15, 0.2) is 83.9 Å². The first-order valence-corrected chi connectivity index (χ1v) is 11.3. The molecule has 0 unspecified atom stereocenters. The van der Waals surface area contributed by atoms with E-state index in [1.807, 2.05) is 35.0 Å². The number of carbonyl (C=O) groups is 2. The standard InChI is InChI=1S/C26H22N6O4/c1-2-32-26(35)19-10-4-3-9-18(19)23(30-32)25(34)29-28-24(33)20-11-5-6-12-21(20)36-16-17-15-31-14-8-7-13-22(31)27-17/h3-15H,2,16H2,1H3,(H,28,33)(H,29,34). The number of imidazole rings is 1. The van der Waals surface area contributed by atoms with Crippen LogP contribution in [0.1, 0.15) is 33.5 Å². The fourth-order valence-corrected chi connectivity index (χ4v) is 3.85. The SMILES string of the molecule is CCn1nc(C(=O)NNC(=O)c2ccccc2OCc2cn3ccccc3n2)c2ccccc2c1=O. The average molecular weight is 483 g/mol. The summed E-state index contributed by atoms with van der Waals surface area (Å²) in [5, 5.41) is 4.95. The molecule has 3 heterocycles. The van der Waals surface area contributed by atoms with Crippen molar-refractivity contribution >= 4 is 28.2 Å². The minimum atomic E-state index is -0.648. The van der Waals surface area contributed by atoms with Gasteiger partial charge in [-0.1, -0.05) is 36.4 Å². The Morgan fingerprint density at radius 2 is 1.64 bits per heavy atom. The van der Waals surface area contributed by atoms with E-state index in [1.165, 1.54) is 4.68 Å². The van der Waals surface area contributed by atoms with Crippen LogP contribution in [0.5, 0.6) is 5.75 Å². The van der Waals surface area contributed by atoms with Crippen molar-refractivity contribution in [1.82, 2.24) is 30.0 Å². The van der Waals surface area contributed by atoms with E-state index in [2.05, 4.69) is 20.9 Å². The number of amides is 2. The third-order valence-electron chi connectivity index (χ3n) is 5.59. The smallest absolute Gasteiger partial charge is 0.290 e. The van der Waals surface area contributed by atoms with Crippen molar-refractivity contribution in [3.05, 3.63) is 106 Å². The number of para-hydroxylation sites is 1. The number of hydrazine groups is 1. The Hall–Kier alpha value is -4.99. The molecule has 0 aliphatic heterocycles. The number of hydrogen-bond donors (Lipinski definition) is 2. The zero-order valence-corrected chi connectivity index (χ0v) is 19.3. The molecule has 0 bridgehead atoms. The summed E-state index contributed by atoms with van der Waals surface area (Å²) in [4.78, 5) is 42.8. The number of hydrogen-bond acceptors (Lipinski definition) is 6. The molecule has 36 heavy (non-hydrogen) atoms. The van der Waals surface area contributed by atoms with E-state index in [9.17, 15) is 14.4 Å². The van der Waals surface area contributed by atoms with E-state index in [4.69, 9.17) is 4.74 Å². The van der Waals surface area contributed by atoms with Crippen LogP contribution in [-0.4, -0.2) is 31.0 Å². The molecule has 0 spiro atoms. The fourth-order valence-electron chi connectivity index (χ4n) is 3.85. The number of ether oxygens (including phenoxy) is 1. The van der Waals surface area contributed by atoms with Gasteiger partial charge in [-0.3, -0.25) is 25.2 Å². The number of nitrogens with one attached hydrogen (secondary N) is 2. The van der Waals surface area contributed by atoms with Crippen molar-refractivity contribution in [1.29, 1.82) is 0 Å². The van der Waals surface area contributed by atoms with Crippen LogP contribution in [0.2, 0.25) is 0 Å². The molecule has 5 rings (SSSR count). The summed E-state index contributed by atoms with van der Waals surface area (Å²) in [7, 11) is 0. The van der Waals surface area contributed by atoms with Gasteiger partial charge in [0.2, 0.25) is 0 Å². The highest BCUT2D eigenvalue weighted by Crippen LogP contribution is 2.19. The van der Waals surface area contributed by atoms with Crippen LogP contribution in [0.3, 0.4) is 0 Å². The highest BCUT2D eigenvalue weighted by Gasteiger charge is 2.18. The third kappa shape index (κ3) is 4.39. The van der Waals surface area contributed by atoms with E-state index in [-0.39, 0.29) is 23.4 Å². The summed E-state index contributed by atoms with van der Waals surface area (Å²) >= 11 is 0. The number of pyridine rings is 1. The first-order valence-electron chi connectivity index (χ1n) is 11.3. The summed E-state index contributed by atoms with van der Waals surface area (Å²) in [5.41, 5.74) is 6.27. The van der Waals surface area contributed by atoms with Gasteiger partial charge in [0.05, 0.1) is 16.6 Å². The highest BCUT2D eigenvalue weighted by molar-refractivity contribution is 6.06. The summed E-state index contributed by atoms with van der Waals surface area (Å²) in [6, 6.07) is 19.1. The molecule has 2 aromatic carbocycles. The number of rotatable bonds is 6. The second kappa shape index (κ2) is 9.71. The summed E-state index contributed by atoms with van der Waals surface area (Å²) in [6.07, 6.45) is 3.74. The number of aromatic nitrogens is 4. The predicted octanol–water partition coefficient (Wildman–Crippen LogP) is 2.72.